The highest BCUT2D eigenvalue weighted by Gasteiger charge is 2.06. The van der Waals surface area contributed by atoms with Crippen molar-refractivity contribution < 1.29 is 4.79 Å². The maximum atomic E-state index is 11.6. The molecular formula is C15H20N2O. The fraction of sp³-hybridized carbons (Fsp3) is 0.467. The Morgan fingerprint density at radius 2 is 1.94 bits per heavy atom. The SMILES string of the molecule is Cc1ccc(CCCCC(=O)N(C)CC#N)cc1. The van der Waals surface area contributed by atoms with Gasteiger partial charge in [-0.2, -0.15) is 5.26 Å². The van der Waals surface area contributed by atoms with E-state index in [9.17, 15) is 4.79 Å². The van der Waals surface area contributed by atoms with Crippen molar-refractivity contribution in [2.75, 3.05) is 13.6 Å². The predicted octanol–water partition coefficient (Wildman–Crippen LogP) is 2.69. The van der Waals surface area contributed by atoms with E-state index in [0.29, 0.717) is 6.42 Å². The van der Waals surface area contributed by atoms with E-state index in [-0.39, 0.29) is 12.5 Å². The number of unbranched alkanes of at least 4 members (excludes halogenated alkanes) is 1. The van der Waals surface area contributed by atoms with Crippen molar-refractivity contribution in [3.63, 3.8) is 0 Å². The van der Waals surface area contributed by atoms with Crippen LogP contribution in [0, 0.1) is 18.3 Å². The van der Waals surface area contributed by atoms with Crippen LogP contribution in [0.5, 0.6) is 0 Å². The molecule has 1 aromatic rings. The van der Waals surface area contributed by atoms with Gasteiger partial charge in [-0.15, -0.1) is 0 Å². The van der Waals surface area contributed by atoms with E-state index >= 15 is 0 Å². The van der Waals surface area contributed by atoms with Crippen molar-refractivity contribution in [1.82, 2.24) is 4.90 Å². The second kappa shape index (κ2) is 7.50. The molecule has 0 aliphatic carbocycles. The molecule has 1 aromatic carbocycles. The highest BCUT2D eigenvalue weighted by Crippen LogP contribution is 2.09. The molecule has 3 heteroatoms. The van der Waals surface area contributed by atoms with Gasteiger partial charge < -0.3 is 4.90 Å². The molecule has 0 spiro atoms. The highest BCUT2D eigenvalue weighted by atomic mass is 16.2. The van der Waals surface area contributed by atoms with Gasteiger partial charge in [-0.25, -0.2) is 0 Å². The topological polar surface area (TPSA) is 44.1 Å². The van der Waals surface area contributed by atoms with Crippen LogP contribution in [0.2, 0.25) is 0 Å². The van der Waals surface area contributed by atoms with Gasteiger partial charge in [-0.05, 0) is 31.7 Å². The van der Waals surface area contributed by atoms with Crippen LogP contribution in [0.15, 0.2) is 24.3 Å². The van der Waals surface area contributed by atoms with E-state index in [0.717, 1.165) is 19.3 Å². The third-order valence-electron chi connectivity index (χ3n) is 2.96. The molecule has 3 nitrogen and oxygen atoms in total. The van der Waals surface area contributed by atoms with Gasteiger partial charge in [0, 0.05) is 13.5 Å². The van der Waals surface area contributed by atoms with E-state index in [4.69, 9.17) is 5.26 Å². The van der Waals surface area contributed by atoms with E-state index in [1.165, 1.54) is 16.0 Å². The van der Waals surface area contributed by atoms with Gasteiger partial charge in [0.1, 0.15) is 6.54 Å². The van der Waals surface area contributed by atoms with Crippen LogP contribution in [0.25, 0.3) is 0 Å². The molecule has 0 saturated carbocycles. The summed E-state index contributed by atoms with van der Waals surface area (Å²) in [4.78, 5) is 13.0. The van der Waals surface area contributed by atoms with E-state index in [1.807, 2.05) is 6.07 Å². The Morgan fingerprint density at radius 1 is 1.28 bits per heavy atom. The zero-order valence-corrected chi connectivity index (χ0v) is 11.1. The number of hydrogen-bond donors (Lipinski definition) is 0. The standard InChI is InChI=1S/C15H20N2O/c1-13-7-9-14(10-8-13)5-3-4-6-15(18)17(2)12-11-16/h7-10H,3-6,12H2,1-2H3. The van der Waals surface area contributed by atoms with Gasteiger partial charge in [0.25, 0.3) is 0 Å². The summed E-state index contributed by atoms with van der Waals surface area (Å²) in [6, 6.07) is 10.5. The van der Waals surface area contributed by atoms with Crippen molar-refractivity contribution in [1.29, 1.82) is 5.26 Å². The molecule has 0 atom stereocenters. The molecule has 96 valence electrons. The number of carbonyl (C=O) groups is 1. The first-order valence-electron chi connectivity index (χ1n) is 6.30. The zero-order valence-electron chi connectivity index (χ0n) is 11.1. The molecule has 0 aliphatic rings. The summed E-state index contributed by atoms with van der Waals surface area (Å²) in [5.74, 6) is 0.0560. The summed E-state index contributed by atoms with van der Waals surface area (Å²) < 4.78 is 0. The van der Waals surface area contributed by atoms with Crippen LogP contribution in [0.4, 0.5) is 0 Å². The first kappa shape index (κ1) is 14.2. The van der Waals surface area contributed by atoms with Crippen molar-refractivity contribution in [2.45, 2.75) is 32.6 Å². The van der Waals surface area contributed by atoms with E-state index in [2.05, 4.69) is 31.2 Å². The second-order valence-corrected chi connectivity index (χ2v) is 4.60. The second-order valence-electron chi connectivity index (χ2n) is 4.60. The van der Waals surface area contributed by atoms with Crippen molar-refractivity contribution >= 4 is 5.91 Å². The number of nitrogens with zero attached hydrogens (tertiary/aromatic N) is 2. The van der Waals surface area contributed by atoms with Crippen LogP contribution >= 0.6 is 0 Å². The molecule has 1 amide bonds. The molecule has 0 N–H and O–H groups in total. The van der Waals surface area contributed by atoms with Gasteiger partial charge >= 0.3 is 0 Å². The third-order valence-corrected chi connectivity index (χ3v) is 2.96. The number of carbonyl (C=O) groups excluding carboxylic acids is 1. The van der Waals surface area contributed by atoms with Crippen LogP contribution < -0.4 is 0 Å². The van der Waals surface area contributed by atoms with Crippen LogP contribution in [-0.2, 0) is 11.2 Å². The van der Waals surface area contributed by atoms with Gasteiger partial charge in [0.05, 0.1) is 6.07 Å². The first-order valence-corrected chi connectivity index (χ1v) is 6.30. The van der Waals surface area contributed by atoms with Crippen molar-refractivity contribution in [2.24, 2.45) is 0 Å². The summed E-state index contributed by atoms with van der Waals surface area (Å²) in [6.07, 6.45) is 3.43. The number of amides is 1. The summed E-state index contributed by atoms with van der Waals surface area (Å²) in [5.41, 5.74) is 2.59. The minimum absolute atomic E-state index is 0.0560. The summed E-state index contributed by atoms with van der Waals surface area (Å²) in [7, 11) is 1.67. The molecule has 0 radical (unpaired) electrons. The molecule has 18 heavy (non-hydrogen) atoms. The maximum absolute atomic E-state index is 11.6. The fourth-order valence-electron chi connectivity index (χ4n) is 1.75. The van der Waals surface area contributed by atoms with Gasteiger partial charge in [-0.1, -0.05) is 29.8 Å². The molecule has 0 heterocycles. The molecule has 0 aromatic heterocycles. The molecule has 1 rings (SSSR count). The number of nitriles is 1. The lowest BCUT2D eigenvalue weighted by molar-refractivity contribution is -0.129. The number of benzene rings is 1. The lowest BCUT2D eigenvalue weighted by Gasteiger charge is -2.12. The lowest BCUT2D eigenvalue weighted by atomic mass is 10.1. The number of hydrogen-bond acceptors (Lipinski definition) is 2. The Bertz CT molecular complexity index is 417. The predicted molar refractivity (Wildman–Crippen MR) is 72.0 cm³/mol. The van der Waals surface area contributed by atoms with E-state index < -0.39 is 0 Å². The normalized spacial score (nSPS) is 9.83. The Kier molecular flexibility index (Phi) is 5.93. The number of aryl methyl sites for hydroxylation is 2. The highest BCUT2D eigenvalue weighted by molar-refractivity contribution is 5.76. The molecule has 0 unspecified atom stereocenters. The minimum Gasteiger partial charge on any atom is -0.332 e. The molecule has 0 fully saturated rings. The Hall–Kier alpha value is -1.82. The molecule has 0 aliphatic heterocycles. The van der Waals surface area contributed by atoms with Crippen LogP contribution in [0.1, 0.15) is 30.4 Å². The largest absolute Gasteiger partial charge is 0.332 e. The average Bonchev–Trinajstić information content (AvgIpc) is 2.36. The summed E-state index contributed by atoms with van der Waals surface area (Å²) >= 11 is 0. The molecule has 0 saturated heterocycles. The average molecular weight is 244 g/mol. The minimum atomic E-state index is 0.0560. The van der Waals surface area contributed by atoms with Gasteiger partial charge in [-0.3, -0.25) is 4.79 Å². The molecular weight excluding hydrogens is 224 g/mol. The third kappa shape index (κ3) is 5.01. The van der Waals surface area contributed by atoms with Gasteiger partial charge in [0.15, 0.2) is 0 Å². The van der Waals surface area contributed by atoms with Crippen LogP contribution in [0.3, 0.4) is 0 Å². The fourth-order valence-corrected chi connectivity index (χ4v) is 1.75. The smallest absolute Gasteiger partial charge is 0.223 e. The van der Waals surface area contributed by atoms with Crippen molar-refractivity contribution in [3.8, 4) is 6.07 Å². The van der Waals surface area contributed by atoms with Crippen molar-refractivity contribution in [3.05, 3.63) is 35.4 Å². The van der Waals surface area contributed by atoms with Gasteiger partial charge in [0.2, 0.25) is 5.91 Å². The molecule has 0 bridgehead atoms. The Morgan fingerprint density at radius 3 is 2.56 bits per heavy atom. The Balaban J connectivity index is 2.21. The van der Waals surface area contributed by atoms with E-state index in [1.54, 1.807) is 7.05 Å². The Labute approximate surface area is 109 Å². The lowest BCUT2D eigenvalue weighted by Crippen LogP contribution is -2.26. The van der Waals surface area contributed by atoms with Crippen LogP contribution in [-0.4, -0.2) is 24.4 Å². The summed E-state index contributed by atoms with van der Waals surface area (Å²) in [6.45, 7) is 2.25. The summed E-state index contributed by atoms with van der Waals surface area (Å²) in [5, 5.41) is 8.48. The monoisotopic (exact) mass is 244 g/mol. The first-order chi connectivity index (χ1) is 8.63. The number of rotatable bonds is 6. The quantitative estimate of drug-likeness (QED) is 0.570. The maximum Gasteiger partial charge on any atom is 0.223 e. The zero-order chi connectivity index (χ0) is 13.4.